The van der Waals surface area contributed by atoms with Crippen molar-refractivity contribution in [2.45, 2.75) is 33.0 Å². The van der Waals surface area contributed by atoms with E-state index < -0.39 is 29.4 Å². The van der Waals surface area contributed by atoms with E-state index in [4.69, 9.17) is 5.11 Å². The van der Waals surface area contributed by atoms with Gasteiger partial charge in [-0.25, -0.2) is 0 Å². The molecule has 0 bridgehead atoms. The van der Waals surface area contributed by atoms with Gasteiger partial charge in [0.15, 0.2) is 5.69 Å². The molecule has 0 aromatic carbocycles. The molecule has 5 nitrogen and oxygen atoms in total. The molecule has 0 aliphatic heterocycles. The summed E-state index contributed by atoms with van der Waals surface area (Å²) in [5.74, 6) is -0.777. The van der Waals surface area contributed by atoms with Crippen LogP contribution in [0.25, 0.3) is 0 Å². The average Bonchev–Trinajstić information content (AvgIpc) is 2.79. The van der Waals surface area contributed by atoms with Gasteiger partial charge < -0.3 is 10.0 Å². The van der Waals surface area contributed by atoms with Crippen LogP contribution in [0.5, 0.6) is 0 Å². The molecule has 1 aromatic heterocycles. The van der Waals surface area contributed by atoms with E-state index in [1.54, 1.807) is 20.8 Å². The number of amides is 1. The smallest absolute Gasteiger partial charge is 0.395 e. The summed E-state index contributed by atoms with van der Waals surface area (Å²) in [5, 5.41) is 12.5. The number of aliphatic hydroxyl groups excluding tert-OH is 1. The number of carbonyl (C=O) groups excluding carboxylic acids is 1. The fourth-order valence-corrected chi connectivity index (χ4v) is 1.89. The fourth-order valence-electron chi connectivity index (χ4n) is 1.89. The molecule has 0 radical (unpaired) electrons. The van der Waals surface area contributed by atoms with Crippen molar-refractivity contribution in [1.82, 2.24) is 14.7 Å². The molecule has 1 rings (SSSR count). The van der Waals surface area contributed by atoms with Gasteiger partial charge >= 0.3 is 6.18 Å². The van der Waals surface area contributed by atoms with E-state index in [9.17, 15) is 18.0 Å². The molecular weight excluding hydrogens is 275 g/mol. The molecule has 1 amide bonds. The van der Waals surface area contributed by atoms with Gasteiger partial charge in [0.1, 0.15) is 0 Å². The van der Waals surface area contributed by atoms with Crippen LogP contribution in [-0.2, 0) is 6.18 Å². The Bertz CT molecular complexity index is 469. The Hall–Kier alpha value is -1.57. The monoisotopic (exact) mass is 293 g/mol. The highest BCUT2D eigenvalue weighted by atomic mass is 19.4. The molecule has 1 aromatic rings. The number of hydrogen-bond acceptors (Lipinski definition) is 3. The number of alkyl halides is 3. The Kier molecular flexibility index (Phi) is 5.15. The summed E-state index contributed by atoms with van der Waals surface area (Å²) in [7, 11) is 0. The predicted octanol–water partition coefficient (Wildman–Crippen LogP) is 1.94. The van der Waals surface area contributed by atoms with Crippen LogP contribution in [0.15, 0.2) is 6.20 Å². The van der Waals surface area contributed by atoms with Crippen molar-refractivity contribution in [3.05, 3.63) is 17.5 Å². The fraction of sp³-hybridized carbons (Fsp3) is 0.667. The van der Waals surface area contributed by atoms with E-state index in [-0.39, 0.29) is 19.7 Å². The molecule has 8 heteroatoms. The maximum absolute atomic E-state index is 13.1. The first kappa shape index (κ1) is 16.5. The van der Waals surface area contributed by atoms with Gasteiger partial charge in [0, 0.05) is 19.1 Å². The SMILES string of the molecule is CCN(CCO)C(=O)c1cnn(C(C)C)c1C(F)(F)F. The summed E-state index contributed by atoms with van der Waals surface area (Å²) in [5.41, 5.74) is -1.53. The third kappa shape index (κ3) is 3.30. The molecule has 0 saturated carbocycles. The zero-order chi connectivity index (χ0) is 15.5. The minimum absolute atomic E-state index is 0.0144. The number of aromatic nitrogens is 2. The Morgan fingerprint density at radius 1 is 1.50 bits per heavy atom. The van der Waals surface area contributed by atoms with E-state index in [2.05, 4.69) is 5.10 Å². The second kappa shape index (κ2) is 6.25. The molecule has 114 valence electrons. The van der Waals surface area contributed by atoms with Crippen LogP contribution in [0.3, 0.4) is 0 Å². The molecule has 20 heavy (non-hydrogen) atoms. The summed E-state index contributed by atoms with van der Waals surface area (Å²) < 4.78 is 40.2. The largest absolute Gasteiger partial charge is 0.433 e. The van der Waals surface area contributed by atoms with Crippen molar-refractivity contribution in [2.24, 2.45) is 0 Å². The summed E-state index contributed by atoms with van der Waals surface area (Å²) in [4.78, 5) is 13.3. The zero-order valence-electron chi connectivity index (χ0n) is 11.6. The van der Waals surface area contributed by atoms with Crippen LogP contribution >= 0.6 is 0 Å². The number of hydrogen-bond donors (Lipinski definition) is 1. The van der Waals surface area contributed by atoms with E-state index in [0.29, 0.717) is 0 Å². The van der Waals surface area contributed by atoms with Crippen LogP contribution in [-0.4, -0.2) is 45.4 Å². The van der Waals surface area contributed by atoms with Gasteiger partial charge in [-0.1, -0.05) is 0 Å². The molecule has 1 heterocycles. The molecule has 0 saturated heterocycles. The second-order valence-corrected chi connectivity index (χ2v) is 4.55. The Morgan fingerprint density at radius 3 is 2.50 bits per heavy atom. The van der Waals surface area contributed by atoms with Gasteiger partial charge in [-0.2, -0.15) is 18.3 Å². The van der Waals surface area contributed by atoms with Gasteiger partial charge in [0.05, 0.1) is 18.4 Å². The third-order valence-electron chi connectivity index (χ3n) is 2.82. The first-order valence-corrected chi connectivity index (χ1v) is 6.28. The molecule has 0 aliphatic rings. The lowest BCUT2D eigenvalue weighted by atomic mass is 10.2. The van der Waals surface area contributed by atoms with Crippen LogP contribution in [0.2, 0.25) is 0 Å². The normalized spacial score (nSPS) is 12.0. The van der Waals surface area contributed by atoms with Gasteiger partial charge in [-0.15, -0.1) is 0 Å². The van der Waals surface area contributed by atoms with Gasteiger partial charge in [0.2, 0.25) is 0 Å². The molecule has 0 atom stereocenters. The van der Waals surface area contributed by atoms with E-state index in [1.807, 2.05) is 0 Å². The number of carbonyl (C=O) groups is 1. The van der Waals surface area contributed by atoms with Gasteiger partial charge in [0.25, 0.3) is 5.91 Å². The van der Waals surface area contributed by atoms with E-state index >= 15 is 0 Å². The predicted molar refractivity (Wildman–Crippen MR) is 66.3 cm³/mol. The number of aliphatic hydroxyl groups is 1. The average molecular weight is 293 g/mol. The number of nitrogens with zero attached hydrogens (tertiary/aromatic N) is 3. The number of halogens is 3. The minimum Gasteiger partial charge on any atom is -0.395 e. The van der Waals surface area contributed by atoms with Crippen molar-refractivity contribution in [3.8, 4) is 0 Å². The van der Waals surface area contributed by atoms with Crippen molar-refractivity contribution < 1.29 is 23.1 Å². The Balaban J connectivity index is 3.28. The third-order valence-corrected chi connectivity index (χ3v) is 2.82. The Labute approximate surface area is 115 Å². The molecular formula is C12H18F3N3O2. The highest BCUT2D eigenvalue weighted by Crippen LogP contribution is 2.34. The topological polar surface area (TPSA) is 58.4 Å². The van der Waals surface area contributed by atoms with Crippen LogP contribution in [0.4, 0.5) is 13.2 Å². The van der Waals surface area contributed by atoms with E-state index in [1.165, 1.54) is 0 Å². The van der Waals surface area contributed by atoms with Gasteiger partial charge in [-0.05, 0) is 20.8 Å². The zero-order valence-corrected chi connectivity index (χ0v) is 11.6. The van der Waals surface area contributed by atoms with Crippen LogP contribution in [0, 0.1) is 0 Å². The van der Waals surface area contributed by atoms with Crippen molar-refractivity contribution in [1.29, 1.82) is 0 Å². The highest BCUT2D eigenvalue weighted by molar-refractivity contribution is 5.95. The minimum atomic E-state index is -4.66. The lowest BCUT2D eigenvalue weighted by molar-refractivity contribution is -0.145. The summed E-state index contributed by atoms with van der Waals surface area (Å²) in [6, 6.07) is -0.513. The highest BCUT2D eigenvalue weighted by Gasteiger charge is 2.41. The first-order valence-electron chi connectivity index (χ1n) is 6.28. The standard InChI is InChI=1S/C12H18F3N3O2/c1-4-17(5-6-19)11(20)9-7-16-18(8(2)3)10(9)12(13,14)15/h7-8,19H,4-6H2,1-3H3. The summed E-state index contributed by atoms with van der Waals surface area (Å²) in [6.07, 6.45) is -3.73. The first-order chi connectivity index (χ1) is 9.23. The second-order valence-electron chi connectivity index (χ2n) is 4.55. The molecule has 0 aliphatic carbocycles. The van der Waals surface area contributed by atoms with Crippen LogP contribution < -0.4 is 0 Å². The lowest BCUT2D eigenvalue weighted by Crippen LogP contribution is -2.34. The van der Waals surface area contributed by atoms with Crippen molar-refractivity contribution >= 4 is 5.91 Å². The Morgan fingerprint density at radius 2 is 2.10 bits per heavy atom. The molecule has 0 spiro atoms. The van der Waals surface area contributed by atoms with Gasteiger partial charge in [-0.3, -0.25) is 9.48 Å². The molecule has 0 fully saturated rings. The number of rotatable bonds is 5. The molecule has 1 N–H and O–H groups in total. The van der Waals surface area contributed by atoms with Crippen molar-refractivity contribution in [2.75, 3.05) is 19.7 Å². The van der Waals surface area contributed by atoms with Crippen LogP contribution in [0.1, 0.15) is 42.9 Å². The number of likely N-dealkylation sites (N-methyl/N-ethyl adjacent to an activating group) is 1. The quantitative estimate of drug-likeness (QED) is 0.902. The molecule has 0 unspecified atom stereocenters. The lowest BCUT2D eigenvalue weighted by Gasteiger charge is -2.21. The summed E-state index contributed by atoms with van der Waals surface area (Å²) in [6.45, 7) is 4.64. The maximum Gasteiger partial charge on any atom is 0.433 e. The van der Waals surface area contributed by atoms with Crippen molar-refractivity contribution in [3.63, 3.8) is 0 Å². The summed E-state index contributed by atoms with van der Waals surface area (Å²) >= 11 is 0. The maximum atomic E-state index is 13.1. The van der Waals surface area contributed by atoms with E-state index in [0.717, 1.165) is 15.8 Å².